The Hall–Kier alpha value is -2.83. The number of carbonyl (C=O) groups is 1. The topological polar surface area (TPSA) is 177 Å². The van der Waals surface area contributed by atoms with Crippen LogP contribution in [0.4, 0.5) is 17.1 Å². The highest BCUT2D eigenvalue weighted by atomic mass is 16.6. The van der Waals surface area contributed by atoms with E-state index in [1.54, 1.807) is 0 Å². The predicted molar refractivity (Wildman–Crippen MR) is 128 cm³/mol. The molecular weight excluding hydrogens is 430 g/mol. The van der Waals surface area contributed by atoms with Gasteiger partial charge < -0.3 is 27.0 Å². The van der Waals surface area contributed by atoms with Gasteiger partial charge in [0.15, 0.2) is 0 Å². The molecular formula is C21H37N7O5. The first-order valence-electron chi connectivity index (χ1n) is 11.5. The fraction of sp³-hybridized carbons (Fsp3) is 0.667. The summed E-state index contributed by atoms with van der Waals surface area (Å²) in [5.41, 5.74) is 5.04. The summed E-state index contributed by atoms with van der Waals surface area (Å²) in [6.07, 6.45) is 5.63. The smallest absolute Gasteiger partial charge is 0.299 e. The first-order valence-corrected chi connectivity index (χ1v) is 11.5. The Morgan fingerprint density at radius 2 is 1.48 bits per heavy atom. The Morgan fingerprint density at radius 3 is 2.12 bits per heavy atom. The summed E-state index contributed by atoms with van der Waals surface area (Å²) in [5, 5.41) is 34.4. The van der Waals surface area contributed by atoms with Crippen molar-refractivity contribution in [2.24, 2.45) is 5.73 Å². The molecule has 0 saturated carbocycles. The summed E-state index contributed by atoms with van der Waals surface area (Å²) in [5.74, 6) is 0.0260. The van der Waals surface area contributed by atoms with E-state index in [1.807, 2.05) is 0 Å². The number of hydrogen-bond acceptors (Lipinski definition) is 9. The van der Waals surface area contributed by atoms with E-state index in [9.17, 15) is 25.0 Å². The van der Waals surface area contributed by atoms with Crippen molar-refractivity contribution in [3.05, 3.63) is 38.4 Å². The molecule has 0 atom stereocenters. The van der Waals surface area contributed by atoms with Gasteiger partial charge in [-0.2, -0.15) is 0 Å². The summed E-state index contributed by atoms with van der Waals surface area (Å²) in [6, 6.07) is 3.53. The number of nitro benzene ring substituents is 2. The molecule has 186 valence electrons. The lowest BCUT2D eigenvalue weighted by molar-refractivity contribution is -0.393. The van der Waals surface area contributed by atoms with Crippen LogP contribution in [0.1, 0.15) is 44.9 Å². The van der Waals surface area contributed by atoms with E-state index in [-0.39, 0.29) is 23.0 Å². The summed E-state index contributed by atoms with van der Waals surface area (Å²) in [7, 11) is 0. The van der Waals surface area contributed by atoms with Gasteiger partial charge in [0.1, 0.15) is 5.69 Å². The molecule has 0 fully saturated rings. The molecule has 6 N–H and O–H groups in total. The first-order chi connectivity index (χ1) is 16.0. The van der Waals surface area contributed by atoms with Gasteiger partial charge in [-0.1, -0.05) is 6.42 Å². The van der Waals surface area contributed by atoms with Crippen LogP contribution in [0, 0.1) is 20.2 Å². The first kappa shape index (κ1) is 28.2. The average Bonchev–Trinajstić information content (AvgIpc) is 2.79. The predicted octanol–water partition coefficient (Wildman–Crippen LogP) is 1.90. The molecule has 1 rings (SSSR count). The Kier molecular flexibility index (Phi) is 15.1. The van der Waals surface area contributed by atoms with Crippen LogP contribution in [0.25, 0.3) is 0 Å². The van der Waals surface area contributed by atoms with Crippen LogP contribution in [0.15, 0.2) is 18.2 Å². The Morgan fingerprint density at radius 1 is 0.818 bits per heavy atom. The number of nitro groups is 2. The van der Waals surface area contributed by atoms with Crippen molar-refractivity contribution in [1.82, 2.24) is 16.0 Å². The van der Waals surface area contributed by atoms with Crippen LogP contribution in [0.3, 0.4) is 0 Å². The van der Waals surface area contributed by atoms with E-state index in [0.29, 0.717) is 26.1 Å². The Labute approximate surface area is 194 Å². The molecule has 0 aliphatic rings. The van der Waals surface area contributed by atoms with Crippen LogP contribution in [0.2, 0.25) is 0 Å². The van der Waals surface area contributed by atoms with E-state index in [1.165, 1.54) is 12.1 Å². The van der Waals surface area contributed by atoms with E-state index < -0.39 is 9.85 Å². The molecule has 0 heterocycles. The lowest BCUT2D eigenvalue weighted by Gasteiger charge is -2.08. The van der Waals surface area contributed by atoms with E-state index in [2.05, 4.69) is 21.3 Å². The summed E-state index contributed by atoms with van der Waals surface area (Å²) >= 11 is 0. The second kappa shape index (κ2) is 17.7. The minimum absolute atomic E-state index is 0.0260. The molecule has 0 radical (unpaired) electrons. The van der Waals surface area contributed by atoms with E-state index >= 15 is 0 Å². The van der Waals surface area contributed by atoms with Gasteiger partial charge in [-0.15, -0.1) is 0 Å². The molecule has 0 spiro atoms. The highest BCUT2D eigenvalue weighted by molar-refractivity contribution is 5.75. The summed E-state index contributed by atoms with van der Waals surface area (Å²) in [4.78, 5) is 32.4. The number of rotatable bonds is 20. The van der Waals surface area contributed by atoms with Gasteiger partial charge in [0.25, 0.3) is 11.4 Å². The SMILES string of the molecule is NCCCNCCCNCCCNC(=O)CCCCCNc1ccc([N+](=O)[O-])cc1[N+](=O)[O-]. The van der Waals surface area contributed by atoms with Crippen molar-refractivity contribution in [1.29, 1.82) is 0 Å². The second-order valence-corrected chi connectivity index (χ2v) is 7.65. The van der Waals surface area contributed by atoms with Crippen molar-refractivity contribution < 1.29 is 14.6 Å². The third-order valence-electron chi connectivity index (χ3n) is 4.90. The minimum Gasteiger partial charge on any atom is -0.379 e. The number of nitrogens with two attached hydrogens (primary N) is 1. The monoisotopic (exact) mass is 467 g/mol. The number of benzene rings is 1. The minimum atomic E-state index is -0.663. The fourth-order valence-corrected chi connectivity index (χ4v) is 3.09. The number of non-ortho nitro benzene ring substituents is 1. The van der Waals surface area contributed by atoms with Crippen LogP contribution in [-0.2, 0) is 4.79 Å². The third kappa shape index (κ3) is 13.3. The average molecular weight is 468 g/mol. The lowest BCUT2D eigenvalue weighted by Crippen LogP contribution is -2.28. The third-order valence-corrected chi connectivity index (χ3v) is 4.90. The molecule has 0 bridgehead atoms. The molecule has 0 aliphatic carbocycles. The largest absolute Gasteiger partial charge is 0.379 e. The highest BCUT2D eigenvalue weighted by Gasteiger charge is 2.18. The maximum absolute atomic E-state index is 11.9. The van der Waals surface area contributed by atoms with Gasteiger partial charge in [-0.25, -0.2) is 0 Å². The molecule has 1 aromatic carbocycles. The van der Waals surface area contributed by atoms with Gasteiger partial charge in [-0.05, 0) is 70.9 Å². The number of carbonyl (C=O) groups excluding carboxylic acids is 1. The van der Waals surface area contributed by atoms with E-state index in [0.717, 1.165) is 70.8 Å². The molecule has 0 saturated heterocycles. The molecule has 0 aromatic heterocycles. The number of nitrogens with zero attached hydrogens (tertiary/aromatic N) is 2. The van der Waals surface area contributed by atoms with E-state index in [4.69, 9.17) is 5.73 Å². The van der Waals surface area contributed by atoms with Crippen molar-refractivity contribution in [3.63, 3.8) is 0 Å². The van der Waals surface area contributed by atoms with Crippen molar-refractivity contribution >= 4 is 23.0 Å². The summed E-state index contributed by atoms with van der Waals surface area (Å²) in [6.45, 7) is 5.58. The molecule has 1 aromatic rings. The van der Waals surface area contributed by atoms with Gasteiger partial charge in [-0.3, -0.25) is 25.0 Å². The maximum Gasteiger partial charge on any atom is 0.299 e. The van der Waals surface area contributed by atoms with Crippen LogP contribution in [0.5, 0.6) is 0 Å². The van der Waals surface area contributed by atoms with Crippen molar-refractivity contribution in [3.8, 4) is 0 Å². The zero-order chi connectivity index (χ0) is 24.3. The van der Waals surface area contributed by atoms with Gasteiger partial charge >= 0.3 is 0 Å². The molecule has 0 aliphatic heterocycles. The standard InChI is InChI=1S/C21H37N7O5/c22-10-4-11-23-12-5-13-24-14-6-16-26-21(29)7-2-1-3-15-25-19-9-8-18(27(30)31)17-20(19)28(32)33/h8-9,17,23-25H,1-7,10-16,22H2,(H,26,29). The number of hydrogen-bond donors (Lipinski definition) is 5. The molecule has 33 heavy (non-hydrogen) atoms. The van der Waals surface area contributed by atoms with Gasteiger partial charge in [0, 0.05) is 25.6 Å². The Balaban J connectivity index is 2.03. The maximum atomic E-state index is 11.9. The van der Waals surface area contributed by atoms with Gasteiger partial charge in [0.05, 0.1) is 15.9 Å². The normalized spacial score (nSPS) is 10.7. The fourth-order valence-electron chi connectivity index (χ4n) is 3.09. The van der Waals surface area contributed by atoms with Gasteiger partial charge in [0.2, 0.25) is 5.91 Å². The quantitative estimate of drug-likeness (QED) is 0.109. The molecule has 12 nitrogen and oxygen atoms in total. The number of unbranched alkanes of at least 4 members (excludes halogenated alkanes) is 2. The summed E-state index contributed by atoms with van der Waals surface area (Å²) < 4.78 is 0. The van der Waals surface area contributed by atoms with Crippen molar-refractivity contribution in [2.45, 2.75) is 44.9 Å². The molecule has 12 heteroatoms. The van der Waals surface area contributed by atoms with Crippen molar-refractivity contribution in [2.75, 3.05) is 51.1 Å². The highest BCUT2D eigenvalue weighted by Crippen LogP contribution is 2.28. The molecule has 0 unspecified atom stereocenters. The number of nitrogens with one attached hydrogen (secondary N) is 4. The van der Waals surface area contributed by atoms with Crippen LogP contribution in [-0.4, -0.2) is 61.6 Å². The zero-order valence-electron chi connectivity index (χ0n) is 19.1. The second-order valence-electron chi connectivity index (χ2n) is 7.65. The Bertz CT molecular complexity index is 733. The van der Waals surface area contributed by atoms with Crippen LogP contribution < -0.4 is 27.0 Å². The number of amides is 1. The number of anilines is 1. The van der Waals surface area contributed by atoms with Crippen LogP contribution >= 0.6 is 0 Å². The lowest BCUT2D eigenvalue weighted by atomic mass is 10.1. The molecule has 1 amide bonds. The zero-order valence-corrected chi connectivity index (χ0v) is 19.1.